The molecule has 0 aliphatic carbocycles. The molecule has 0 aromatic heterocycles. The Kier molecular flexibility index (Phi) is 11.8. The van der Waals surface area contributed by atoms with Crippen LogP contribution < -0.4 is 32.3 Å². The Bertz CT molecular complexity index is 1670. The molecule has 0 spiro atoms. The molecule has 0 unspecified atom stereocenters. The topological polar surface area (TPSA) is 290 Å². The third-order valence-corrected chi connectivity index (χ3v) is 11.5. The number of nitrogens with two attached hydrogens (primary N) is 1. The van der Waals surface area contributed by atoms with Gasteiger partial charge in [0.15, 0.2) is 6.04 Å². The summed E-state index contributed by atoms with van der Waals surface area (Å²) >= 11 is 2.05. The number of amides is 3. The molecule has 2 fully saturated rings. The van der Waals surface area contributed by atoms with Crippen LogP contribution in [0.5, 0.6) is 11.5 Å². The highest BCUT2D eigenvalue weighted by Gasteiger charge is 2.51. The van der Waals surface area contributed by atoms with Crippen molar-refractivity contribution in [2.45, 2.75) is 84.2 Å². The molecule has 51 heavy (non-hydrogen) atoms. The van der Waals surface area contributed by atoms with Gasteiger partial charge in [-0.25, -0.2) is 4.79 Å². The summed E-state index contributed by atoms with van der Waals surface area (Å²) in [6.07, 6.45) is 0. The quantitative estimate of drug-likeness (QED) is 0.126. The molecule has 0 saturated carbocycles. The number of rotatable bonds is 13. The average Bonchev–Trinajstić information content (AvgIpc) is 3.55. The predicted molar refractivity (Wildman–Crippen MR) is 186 cm³/mol. The summed E-state index contributed by atoms with van der Waals surface area (Å²) in [6.45, 7) is 6.48. The number of phenolic OH excluding ortho intramolecular Hbond substituents is 2. The van der Waals surface area contributed by atoms with Gasteiger partial charge in [-0.3, -0.25) is 34.6 Å². The SMILES string of the molecule is CC1(C)S[C@H]([C@H](NC(=O)[C@H](NC(=O)[C@@H](NC(=O)[C@H](N)c2ccc(O)cc2)[C@@H]2N[C@@H](C(=O)O)C(C)(C)S2)c2ccc(O)cc2)C(=O)O)N[C@H]1C(=O)O. The van der Waals surface area contributed by atoms with Crippen LogP contribution in [0.4, 0.5) is 0 Å². The second-order valence-corrected chi connectivity index (χ2v) is 16.7. The maximum Gasteiger partial charge on any atom is 0.328 e. The van der Waals surface area contributed by atoms with Crippen molar-refractivity contribution in [2.75, 3.05) is 0 Å². The fourth-order valence-electron chi connectivity index (χ4n) is 5.71. The first kappa shape index (κ1) is 39.2. The highest BCUT2D eigenvalue weighted by atomic mass is 32.2. The zero-order chi connectivity index (χ0) is 38.0. The number of aromatic hydroxyl groups is 2. The molecular formula is C32H40N6O11S2. The molecule has 19 heteroatoms. The number of carboxylic acid groups (broad SMARTS) is 3. The molecule has 8 atom stereocenters. The van der Waals surface area contributed by atoms with Crippen molar-refractivity contribution in [3.63, 3.8) is 0 Å². The molecule has 2 saturated heterocycles. The Morgan fingerprint density at radius 1 is 0.647 bits per heavy atom. The van der Waals surface area contributed by atoms with Crippen LogP contribution in [0.15, 0.2) is 48.5 Å². The number of carboxylic acids is 3. The average molecular weight is 749 g/mol. The van der Waals surface area contributed by atoms with E-state index in [1.165, 1.54) is 48.5 Å². The molecule has 12 N–H and O–H groups in total. The summed E-state index contributed by atoms with van der Waals surface area (Å²) < 4.78 is -1.94. The van der Waals surface area contributed by atoms with E-state index in [9.17, 15) is 54.3 Å². The van der Waals surface area contributed by atoms with Gasteiger partial charge in [0.05, 0.1) is 10.7 Å². The van der Waals surface area contributed by atoms with E-state index in [1.54, 1.807) is 27.7 Å². The van der Waals surface area contributed by atoms with E-state index in [0.717, 1.165) is 23.5 Å². The summed E-state index contributed by atoms with van der Waals surface area (Å²) in [5, 5.41) is 60.0. The van der Waals surface area contributed by atoms with Gasteiger partial charge in [-0.2, -0.15) is 0 Å². The molecule has 2 heterocycles. The monoisotopic (exact) mass is 748 g/mol. The van der Waals surface area contributed by atoms with Gasteiger partial charge in [-0.15, -0.1) is 23.5 Å². The van der Waals surface area contributed by atoms with Crippen molar-refractivity contribution in [3.05, 3.63) is 59.7 Å². The number of carbonyl (C=O) groups excluding carboxylic acids is 3. The van der Waals surface area contributed by atoms with Crippen molar-refractivity contribution in [1.29, 1.82) is 0 Å². The number of hydrogen-bond acceptors (Lipinski definition) is 13. The van der Waals surface area contributed by atoms with Crippen LogP contribution in [-0.4, -0.2) is 106 Å². The lowest BCUT2D eigenvalue weighted by molar-refractivity contribution is -0.143. The van der Waals surface area contributed by atoms with Crippen LogP contribution in [-0.2, 0) is 28.8 Å². The van der Waals surface area contributed by atoms with Gasteiger partial charge < -0.3 is 47.2 Å². The van der Waals surface area contributed by atoms with Crippen molar-refractivity contribution >= 4 is 59.2 Å². The second kappa shape index (κ2) is 15.4. The van der Waals surface area contributed by atoms with E-state index in [1.807, 2.05) is 0 Å². The minimum atomic E-state index is -1.68. The smallest absolute Gasteiger partial charge is 0.328 e. The number of benzene rings is 2. The number of phenols is 2. The minimum absolute atomic E-state index is 0.0754. The van der Waals surface area contributed by atoms with E-state index in [-0.39, 0.29) is 22.6 Å². The van der Waals surface area contributed by atoms with Crippen molar-refractivity contribution in [2.24, 2.45) is 5.73 Å². The van der Waals surface area contributed by atoms with E-state index in [4.69, 9.17) is 5.73 Å². The lowest BCUT2D eigenvalue weighted by atomic mass is 10.0. The number of thioether (sulfide) groups is 2. The molecule has 2 aliphatic heterocycles. The van der Waals surface area contributed by atoms with Crippen LogP contribution in [0.2, 0.25) is 0 Å². The Morgan fingerprint density at radius 2 is 1.06 bits per heavy atom. The molecule has 2 aromatic rings. The molecular weight excluding hydrogens is 709 g/mol. The summed E-state index contributed by atoms with van der Waals surface area (Å²) in [5.41, 5.74) is 6.56. The first-order valence-corrected chi connectivity index (χ1v) is 17.3. The Balaban J connectivity index is 1.66. The van der Waals surface area contributed by atoms with E-state index >= 15 is 0 Å². The molecule has 2 aliphatic rings. The standard InChI is InChI=1S/C32H40N6O11S2/c1-31(2)21(29(46)47)37-26(50-31)19(35-23(41)17(33)13-5-9-15(39)10-6-13)25(43)34-18(14-7-11-16(40)12-8-14)24(42)36-20(28(44)45)27-38-22(30(48)49)32(3,4)51-27/h5-12,17-22,26-27,37-40H,33H2,1-4H3,(H,34,43)(H,35,41)(H,36,42)(H,44,45)(H,46,47)(H,48,49)/t17-,18-,19-,20+,21+,22+,26-,27-/m1/s1. The van der Waals surface area contributed by atoms with Crippen molar-refractivity contribution < 1.29 is 54.3 Å². The second-order valence-electron chi connectivity index (χ2n) is 13.1. The van der Waals surface area contributed by atoms with Gasteiger partial charge in [0.2, 0.25) is 17.7 Å². The lowest BCUT2D eigenvalue weighted by Crippen LogP contribution is -2.60. The third-order valence-electron chi connectivity index (χ3n) is 8.47. The highest BCUT2D eigenvalue weighted by molar-refractivity contribution is 8.01. The summed E-state index contributed by atoms with van der Waals surface area (Å²) in [6, 6.07) is 2.02. The largest absolute Gasteiger partial charge is 0.508 e. The van der Waals surface area contributed by atoms with Gasteiger partial charge in [0.1, 0.15) is 41.7 Å². The molecule has 0 radical (unpaired) electrons. The molecule has 0 bridgehead atoms. The Labute approximate surface area is 300 Å². The maximum atomic E-state index is 14.2. The van der Waals surface area contributed by atoms with Gasteiger partial charge >= 0.3 is 17.9 Å². The third kappa shape index (κ3) is 9.03. The summed E-state index contributed by atoms with van der Waals surface area (Å²) in [7, 11) is 0. The zero-order valence-electron chi connectivity index (χ0n) is 27.8. The van der Waals surface area contributed by atoms with Gasteiger partial charge in [0.25, 0.3) is 0 Å². The fraction of sp³-hybridized carbons (Fsp3) is 0.438. The first-order chi connectivity index (χ1) is 23.7. The van der Waals surface area contributed by atoms with Crippen molar-refractivity contribution in [1.82, 2.24) is 26.6 Å². The molecule has 2 aromatic carbocycles. The molecule has 4 rings (SSSR count). The van der Waals surface area contributed by atoms with Crippen LogP contribution in [0.25, 0.3) is 0 Å². The van der Waals surface area contributed by atoms with Crippen LogP contribution in [0.3, 0.4) is 0 Å². The van der Waals surface area contributed by atoms with E-state index in [0.29, 0.717) is 0 Å². The number of aliphatic carboxylic acids is 3. The first-order valence-electron chi connectivity index (χ1n) is 15.5. The fourth-order valence-corrected chi connectivity index (χ4v) is 8.69. The zero-order valence-corrected chi connectivity index (χ0v) is 29.5. The summed E-state index contributed by atoms with van der Waals surface area (Å²) in [5.74, 6) is -7.03. The van der Waals surface area contributed by atoms with Gasteiger partial charge in [0, 0.05) is 9.49 Å². The van der Waals surface area contributed by atoms with Crippen LogP contribution >= 0.6 is 23.5 Å². The number of hydrogen-bond donors (Lipinski definition) is 11. The summed E-state index contributed by atoms with van der Waals surface area (Å²) in [4.78, 5) is 77.8. The lowest BCUT2D eigenvalue weighted by Gasteiger charge is -2.29. The van der Waals surface area contributed by atoms with Crippen LogP contribution in [0.1, 0.15) is 50.9 Å². The van der Waals surface area contributed by atoms with E-state index in [2.05, 4.69) is 26.6 Å². The number of carbonyl (C=O) groups is 6. The predicted octanol–water partition coefficient (Wildman–Crippen LogP) is -0.202. The Hall–Kier alpha value is -4.56. The van der Waals surface area contributed by atoms with Gasteiger partial charge in [-0.1, -0.05) is 24.3 Å². The molecule has 3 amide bonds. The normalized spacial score (nSPS) is 24.3. The molecule has 17 nitrogen and oxygen atoms in total. The minimum Gasteiger partial charge on any atom is -0.508 e. The molecule has 276 valence electrons. The van der Waals surface area contributed by atoms with Crippen LogP contribution in [0, 0.1) is 0 Å². The number of nitrogens with one attached hydrogen (secondary N) is 5. The van der Waals surface area contributed by atoms with Crippen molar-refractivity contribution in [3.8, 4) is 11.5 Å². The Morgan fingerprint density at radius 3 is 1.47 bits per heavy atom. The highest BCUT2D eigenvalue weighted by Crippen LogP contribution is 2.40. The van der Waals surface area contributed by atoms with E-state index < -0.39 is 92.1 Å². The maximum absolute atomic E-state index is 14.2. The van der Waals surface area contributed by atoms with Gasteiger partial charge in [-0.05, 0) is 63.1 Å².